The lowest BCUT2D eigenvalue weighted by molar-refractivity contribution is 0.0477. The number of carbonyl (C=O) groups is 2. The molecule has 0 aliphatic heterocycles. The second-order valence-corrected chi connectivity index (χ2v) is 4.71. The van der Waals surface area contributed by atoms with E-state index in [-0.39, 0.29) is 22.3 Å². The van der Waals surface area contributed by atoms with Gasteiger partial charge in [0, 0.05) is 11.1 Å². The summed E-state index contributed by atoms with van der Waals surface area (Å²) in [5, 5.41) is 17.8. The molecule has 0 fully saturated rings. The molecule has 106 valence electrons. The molecule has 2 N–H and O–H groups in total. The normalized spacial score (nSPS) is 14.4. The van der Waals surface area contributed by atoms with Crippen molar-refractivity contribution in [3.05, 3.63) is 58.7 Å². The fourth-order valence-electron chi connectivity index (χ4n) is 2.49. The van der Waals surface area contributed by atoms with Crippen LogP contribution < -0.4 is 0 Å². The average molecular weight is 290 g/mol. The first-order chi connectivity index (χ1) is 9.82. The monoisotopic (exact) mass is 290 g/mol. The first-order valence-corrected chi connectivity index (χ1v) is 5.96. The van der Waals surface area contributed by atoms with Crippen molar-refractivity contribution in [3.63, 3.8) is 0 Å². The van der Waals surface area contributed by atoms with Crippen LogP contribution in [0.5, 0.6) is 0 Å². The lowest BCUT2D eigenvalue weighted by Gasteiger charge is -2.12. The Morgan fingerprint density at radius 3 is 1.52 bits per heavy atom. The Bertz CT molecular complexity index is 731. The number of benzene rings is 2. The van der Waals surface area contributed by atoms with Crippen LogP contribution in [0.2, 0.25) is 0 Å². The van der Waals surface area contributed by atoms with Crippen molar-refractivity contribution in [1.82, 2.24) is 0 Å². The molecule has 2 aromatic carbocycles. The van der Waals surface area contributed by atoms with E-state index < -0.39 is 29.0 Å². The van der Waals surface area contributed by atoms with Crippen molar-refractivity contribution < 1.29 is 28.6 Å². The highest BCUT2D eigenvalue weighted by Crippen LogP contribution is 2.51. The van der Waals surface area contributed by atoms with Crippen molar-refractivity contribution in [2.45, 2.75) is 5.92 Å². The Morgan fingerprint density at radius 1 is 0.810 bits per heavy atom. The molecule has 21 heavy (non-hydrogen) atoms. The molecule has 6 heteroatoms. The molecule has 0 aromatic heterocycles. The van der Waals surface area contributed by atoms with Gasteiger partial charge in [0.25, 0.3) is 5.92 Å². The number of rotatable bonds is 2. The van der Waals surface area contributed by atoms with E-state index in [2.05, 4.69) is 0 Å². The third-order valence-corrected chi connectivity index (χ3v) is 3.50. The third-order valence-electron chi connectivity index (χ3n) is 3.50. The van der Waals surface area contributed by atoms with Gasteiger partial charge < -0.3 is 10.2 Å². The molecule has 3 rings (SSSR count). The van der Waals surface area contributed by atoms with Crippen molar-refractivity contribution in [2.24, 2.45) is 0 Å². The van der Waals surface area contributed by atoms with Gasteiger partial charge in [0.15, 0.2) is 0 Å². The summed E-state index contributed by atoms with van der Waals surface area (Å²) in [6.07, 6.45) is 0. The van der Waals surface area contributed by atoms with Crippen molar-refractivity contribution in [2.75, 3.05) is 0 Å². The Labute approximate surface area is 117 Å². The second kappa shape index (κ2) is 4.12. The van der Waals surface area contributed by atoms with Crippen LogP contribution in [0.15, 0.2) is 36.4 Å². The predicted molar refractivity (Wildman–Crippen MR) is 68.8 cm³/mol. The number of halogens is 2. The topological polar surface area (TPSA) is 74.6 Å². The van der Waals surface area contributed by atoms with Gasteiger partial charge in [0.1, 0.15) is 0 Å². The summed E-state index contributed by atoms with van der Waals surface area (Å²) in [6, 6.07) is 6.99. The lowest BCUT2D eigenvalue weighted by atomic mass is 10.0. The molecule has 0 spiro atoms. The maximum atomic E-state index is 14.4. The van der Waals surface area contributed by atoms with Gasteiger partial charge in [-0.05, 0) is 35.4 Å². The van der Waals surface area contributed by atoms with Crippen LogP contribution in [-0.4, -0.2) is 22.2 Å². The Kier molecular flexibility index (Phi) is 2.59. The molecule has 1 aliphatic rings. The van der Waals surface area contributed by atoms with Crippen LogP contribution in [0.4, 0.5) is 8.78 Å². The summed E-state index contributed by atoms with van der Waals surface area (Å²) in [6.45, 7) is 0. The smallest absolute Gasteiger partial charge is 0.335 e. The summed E-state index contributed by atoms with van der Waals surface area (Å²) in [7, 11) is 0. The van der Waals surface area contributed by atoms with Crippen LogP contribution in [0.25, 0.3) is 11.1 Å². The Morgan fingerprint density at radius 2 is 1.19 bits per heavy atom. The molecule has 4 nitrogen and oxygen atoms in total. The van der Waals surface area contributed by atoms with E-state index in [4.69, 9.17) is 10.2 Å². The van der Waals surface area contributed by atoms with Crippen LogP contribution in [0, 0.1) is 0 Å². The zero-order chi connectivity index (χ0) is 15.4. The summed E-state index contributed by atoms with van der Waals surface area (Å²) >= 11 is 0. The van der Waals surface area contributed by atoms with Crippen LogP contribution >= 0.6 is 0 Å². The van der Waals surface area contributed by atoms with E-state index in [1.165, 1.54) is 24.3 Å². The first-order valence-electron chi connectivity index (χ1n) is 5.96. The molecule has 2 aromatic rings. The largest absolute Gasteiger partial charge is 0.478 e. The van der Waals surface area contributed by atoms with Gasteiger partial charge in [0.2, 0.25) is 0 Å². The van der Waals surface area contributed by atoms with Crippen molar-refractivity contribution in [1.29, 1.82) is 0 Å². The van der Waals surface area contributed by atoms with Gasteiger partial charge in [0.05, 0.1) is 11.1 Å². The minimum absolute atomic E-state index is 0.219. The Balaban J connectivity index is 2.26. The highest BCUT2D eigenvalue weighted by Gasteiger charge is 2.45. The summed E-state index contributed by atoms with van der Waals surface area (Å²) < 4.78 is 28.9. The number of carboxylic acid groups (broad SMARTS) is 2. The van der Waals surface area contributed by atoms with Crippen molar-refractivity contribution >= 4 is 11.9 Å². The van der Waals surface area contributed by atoms with Gasteiger partial charge in [-0.25, -0.2) is 9.59 Å². The van der Waals surface area contributed by atoms with E-state index >= 15 is 0 Å². The summed E-state index contributed by atoms with van der Waals surface area (Å²) in [5.74, 6) is -6.01. The summed E-state index contributed by atoms with van der Waals surface area (Å²) in [5.41, 5.74) is -0.867. The lowest BCUT2D eigenvalue weighted by Crippen LogP contribution is -2.13. The first kappa shape index (κ1) is 13.2. The van der Waals surface area contributed by atoms with Gasteiger partial charge in [-0.3, -0.25) is 0 Å². The van der Waals surface area contributed by atoms with Gasteiger partial charge in [-0.1, -0.05) is 12.1 Å². The fraction of sp³-hybridized carbons (Fsp3) is 0.0667. The molecule has 0 unspecified atom stereocenters. The van der Waals surface area contributed by atoms with Gasteiger partial charge >= 0.3 is 11.9 Å². The highest BCUT2D eigenvalue weighted by molar-refractivity contribution is 5.93. The van der Waals surface area contributed by atoms with E-state index in [1.807, 2.05) is 0 Å². The maximum Gasteiger partial charge on any atom is 0.335 e. The Hall–Kier alpha value is -2.76. The van der Waals surface area contributed by atoms with Gasteiger partial charge in [-0.15, -0.1) is 0 Å². The van der Waals surface area contributed by atoms with Gasteiger partial charge in [-0.2, -0.15) is 8.78 Å². The molecular weight excluding hydrogens is 282 g/mol. The predicted octanol–water partition coefficient (Wildman–Crippen LogP) is 3.20. The molecule has 1 aliphatic carbocycles. The maximum absolute atomic E-state index is 14.4. The van der Waals surface area contributed by atoms with E-state index in [0.717, 1.165) is 12.1 Å². The molecule has 0 heterocycles. The number of hydrogen-bond acceptors (Lipinski definition) is 2. The average Bonchev–Trinajstić information content (AvgIpc) is 2.67. The highest BCUT2D eigenvalue weighted by atomic mass is 19.3. The molecular formula is C15H8F2O4. The number of carboxylic acids is 2. The number of aromatic carboxylic acids is 2. The SMILES string of the molecule is O=C(O)c1ccc2c(c1)C(F)(F)c1cc(C(=O)O)ccc1-2. The zero-order valence-electron chi connectivity index (χ0n) is 10.4. The standard InChI is InChI=1S/C15H8F2O4/c16-15(17)11-5-7(13(18)19)1-3-9(11)10-4-2-8(14(20)21)6-12(10)15/h1-6H,(H,18,19)(H,20,21). The molecule has 0 atom stereocenters. The number of alkyl halides is 2. The van der Waals surface area contributed by atoms with E-state index in [0.29, 0.717) is 0 Å². The minimum Gasteiger partial charge on any atom is -0.478 e. The third kappa shape index (κ3) is 1.79. The zero-order valence-corrected chi connectivity index (χ0v) is 10.4. The molecule has 0 bridgehead atoms. The van der Waals surface area contributed by atoms with Crippen LogP contribution in [0.3, 0.4) is 0 Å². The van der Waals surface area contributed by atoms with Crippen molar-refractivity contribution in [3.8, 4) is 11.1 Å². The number of fused-ring (bicyclic) bond motifs is 3. The molecule has 0 saturated heterocycles. The van der Waals surface area contributed by atoms with Crippen LogP contribution in [0.1, 0.15) is 31.8 Å². The second-order valence-electron chi connectivity index (χ2n) is 4.71. The fourth-order valence-corrected chi connectivity index (χ4v) is 2.49. The molecule has 0 saturated carbocycles. The number of hydrogen-bond donors (Lipinski definition) is 2. The summed E-state index contributed by atoms with van der Waals surface area (Å²) in [4.78, 5) is 21.8. The van der Waals surface area contributed by atoms with E-state index in [9.17, 15) is 18.4 Å². The minimum atomic E-state index is -3.42. The van der Waals surface area contributed by atoms with Crippen LogP contribution in [-0.2, 0) is 5.92 Å². The van der Waals surface area contributed by atoms with E-state index in [1.54, 1.807) is 0 Å². The molecule has 0 amide bonds. The quantitative estimate of drug-likeness (QED) is 0.890. The molecule has 0 radical (unpaired) electrons.